The van der Waals surface area contributed by atoms with Crippen molar-refractivity contribution in [3.05, 3.63) is 16.7 Å². The van der Waals surface area contributed by atoms with Crippen molar-refractivity contribution < 1.29 is 4.74 Å². The van der Waals surface area contributed by atoms with E-state index in [0.29, 0.717) is 6.10 Å². The van der Waals surface area contributed by atoms with E-state index in [4.69, 9.17) is 17.0 Å². The van der Waals surface area contributed by atoms with E-state index in [1.54, 1.807) is 0 Å². The molecule has 2 rings (SSSR count). The minimum Gasteiger partial charge on any atom is -0.376 e. The van der Waals surface area contributed by atoms with Crippen LogP contribution < -0.4 is 0 Å². The highest BCUT2D eigenvalue weighted by Gasteiger charge is 2.13. The molecule has 1 aliphatic rings. The van der Waals surface area contributed by atoms with Gasteiger partial charge in [0.15, 0.2) is 4.77 Å². The van der Waals surface area contributed by atoms with Gasteiger partial charge in [0.25, 0.3) is 0 Å². The molecule has 0 radical (unpaired) electrons. The molecule has 1 aliphatic carbocycles. The molecule has 16 heavy (non-hydrogen) atoms. The summed E-state index contributed by atoms with van der Waals surface area (Å²) in [5, 5.41) is 0. The second-order valence-electron chi connectivity index (χ2n) is 4.52. The average Bonchev–Trinajstić information content (AvgIpc) is 2.62. The van der Waals surface area contributed by atoms with Crippen LogP contribution in [0.25, 0.3) is 0 Å². The summed E-state index contributed by atoms with van der Waals surface area (Å²) in [5.41, 5.74) is 1.18. The Kier molecular flexibility index (Phi) is 4.18. The second kappa shape index (κ2) is 5.64. The first kappa shape index (κ1) is 11.9. The number of hydrogen-bond donors (Lipinski definition) is 1. The van der Waals surface area contributed by atoms with Gasteiger partial charge in [-0.25, -0.2) is 0 Å². The number of imidazole rings is 1. The Balaban J connectivity index is 1.77. The molecule has 0 aliphatic heterocycles. The van der Waals surface area contributed by atoms with Crippen molar-refractivity contribution in [1.29, 1.82) is 0 Å². The van der Waals surface area contributed by atoms with Crippen LogP contribution in [0.15, 0.2) is 6.20 Å². The molecule has 0 aromatic carbocycles. The number of nitrogens with zero attached hydrogens (tertiary/aromatic N) is 1. The van der Waals surface area contributed by atoms with Crippen LogP contribution in [-0.4, -0.2) is 22.3 Å². The van der Waals surface area contributed by atoms with Crippen molar-refractivity contribution in [3.8, 4) is 0 Å². The fourth-order valence-electron chi connectivity index (χ4n) is 2.30. The zero-order valence-corrected chi connectivity index (χ0v) is 10.7. The molecule has 1 aromatic heterocycles. The van der Waals surface area contributed by atoms with E-state index >= 15 is 0 Å². The van der Waals surface area contributed by atoms with Gasteiger partial charge in [-0.1, -0.05) is 19.3 Å². The lowest BCUT2D eigenvalue weighted by molar-refractivity contribution is 0.0238. The Morgan fingerprint density at radius 2 is 2.19 bits per heavy atom. The molecule has 1 heterocycles. The van der Waals surface area contributed by atoms with E-state index in [2.05, 4.69) is 16.5 Å². The Labute approximate surface area is 102 Å². The van der Waals surface area contributed by atoms with Crippen LogP contribution in [0.3, 0.4) is 0 Å². The molecule has 0 spiro atoms. The molecule has 90 valence electrons. The van der Waals surface area contributed by atoms with Gasteiger partial charge in [0, 0.05) is 18.4 Å². The maximum Gasteiger partial charge on any atom is 0.177 e. The van der Waals surface area contributed by atoms with Gasteiger partial charge < -0.3 is 14.3 Å². The van der Waals surface area contributed by atoms with Crippen LogP contribution in [-0.2, 0) is 11.3 Å². The molecule has 4 heteroatoms. The number of H-pyrrole nitrogens is 1. The van der Waals surface area contributed by atoms with Crippen LogP contribution in [0.5, 0.6) is 0 Å². The Morgan fingerprint density at radius 3 is 2.81 bits per heavy atom. The van der Waals surface area contributed by atoms with Gasteiger partial charge in [-0.3, -0.25) is 0 Å². The Bertz CT molecular complexity index is 377. The van der Waals surface area contributed by atoms with Gasteiger partial charge in [0.2, 0.25) is 0 Å². The number of hydrogen-bond acceptors (Lipinski definition) is 2. The molecular weight excluding hydrogens is 220 g/mol. The third-order valence-corrected chi connectivity index (χ3v) is 3.63. The van der Waals surface area contributed by atoms with Gasteiger partial charge in [-0.15, -0.1) is 0 Å². The molecule has 0 amide bonds. The number of rotatable bonds is 4. The number of nitrogens with one attached hydrogen (secondary N) is 1. The second-order valence-corrected chi connectivity index (χ2v) is 4.90. The van der Waals surface area contributed by atoms with Gasteiger partial charge in [0.1, 0.15) is 0 Å². The third-order valence-electron chi connectivity index (χ3n) is 3.30. The smallest absolute Gasteiger partial charge is 0.177 e. The quantitative estimate of drug-likeness (QED) is 0.819. The van der Waals surface area contributed by atoms with E-state index in [1.807, 2.05) is 6.20 Å². The predicted octanol–water partition coefficient (Wildman–Crippen LogP) is 3.20. The molecular formula is C12H20N2OS. The van der Waals surface area contributed by atoms with Gasteiger partial charge in [-0.2, -0.15) is 0 Å². The summed E-state index contributed by atoms with van der Waals surface area (Å²) in [6.45, 7) is 3.70. The maximum atomic E-state index is 5.89. The van der Waals surface area contributed by atoms with Crippen LogP contribution in [0.4, 0.5) is 0 Å². The SMILES string of the molecule is Cc1c[nH]c(=S)n1CCOC1CCCCC1. The van der Waals surface area contributed by atoms with Crippen molar-refractivity contribution in [1.82, 2.24) is 9.55 Å². The van der Waals surface area contributed by atoms with E-state index < -0.39 is 0 Å². The molecule has 0 unspecified atom stereocenters. The average molecular weight is 240 g/mol. The van der Waals surface area contributed by atoms with Gasteiger partial charge in [0.05, 0.1) is 12.7 Å². The fourth-order valence-corrected chi connectivity index (χ4v) is 2.60. The zero-order chi connectivity index (χ0) is 11.4. The molecule has 0 atom stereocenters. The lowest BCUT2D eigenvalue weighted by atomic mass is 9.98. The minimum absolute atomic E-state index is 0.488. The van der Waals surface area contributed by atoms with Gasteiger partial charge in [-0.05, 0) is 32.0 Å². The number of ether oxygens (including phenoxy) is 1. The molecule has 0 bridgehead atoms. The monoisotopic (exact) mass is 240 g/mol. The minimum atomic E-state index is 0.488. The summed E-state index contributed by atoms with van der Waals surface area (Å²) in [6.07, 6.45) is 8.93. The summed E-state index contributed by atoms with van der Waals surface area (Å²) in [5.74, 6) is 0. The van der Waals surface area contributed by atoms with E-state index in [0.717, 1.165) is 17.9 Å². The van der Waals surface area contributed by atoms with E-state index in [-0.39, 0.29) is 0 Å². The largest absolute Gasteiger partial charge is 0.376 e. The molecule has 1 N–H and O–H groups in total. The van der Waals surface area contributed by atoms with Crippen molar-refractivity contribution in [2.75, 3.05) is 6.61 Å². The van der Waals surface area contributed by atoms with Crippen molar-refractivity contribution in [2.45, 2.75) is 51.7 Å². The van der Waals surface area contributed by atoms with E-state index in [9.17, 15) is 0 Å². The Hall–Kier alpha value is -0.610. The molecule has 1 aromatic rings. The molecule has 1 fully saturated rings. The molecule has 1 saturated carbocycles. The summed E-state index contributed by atoms with van der Waals surface area (Å²) in [6, 6.07) is 0. The van der Waals surface area contributed by atoms with Crippen LogP contribution in [0.1, 0.15) is 37.8 Å². The van der Waals surface area contributed by atoms with Crippen LogP contribution >= 0.6 is 12.2 Å². The standard InChI is InChI=1S/C12H20N2OS/c1-10-9-13-12(16)14(10)7-8-15-11-5-3-2-4-6-11/h9,11H,2-8H2,1H3,(H,13,16). The normalized spacial score (nSPS) is 17.8. The summed E-state index contributed by atoms with van der Waals surface area (Å²) < 4.78 is 8.78. The van der Waals surface area contributed by atoms with Crippen molar-refractivity contribution >= 4 is 12.2 Å². The van der Waals surface area contributed by atoms with Gasteiger partial charge >= 0.3 is 0 Å². The predicted molar refractivity (Wildman–Crippen MR) is 67.2 cm³/mol. The van der Waals surface area contributed by atoms with Crippen molar-refractivity contribution in [2.24, 2.45) is 0 Å². The number of aryl methyl sites for hydroxylation is 1. The number of aromatic amines is 1. The summed E-state index contributed by atoms with van der Waals surface area (Å²) >= 11 is 5.19. The first-order valence-electron chi connectivity index (χ1n) is 6.14. The highest BCUT2D eigenvalue weighted by molar-refractivity contribution is 7.71. The topological polar surface area (TPSA) is 29.9 Å². The van der Waals surface area contributed by atoms with Crippen molar-refractivity contribution in [3.63, 3.8) is 0 Å². The lowest BCUT2D eigenvalue weighted by Gasteiger charge is -2.22. The zero-order valence-electron chi connectivity index (χ0n) is 9.87. The summed E-state index contributed by atoms with van der Waals surface area (Å²) in [4.78, 5) is 3.05. The molecule has 3 nitrogen and oxygen atoms in total. The first-order chi connectivity index (χ1) is 7.77. The third kappa shape index (κ3) is 2.95. The fraction of sp³-hybridized carbons (Fsp3) is 0.750. The molecule has 0 saturated heterocycles. The van der Waals surface area contributed by atoms with Crippen LogP contribution in [0.2, 0.25) is 0 Å². The first-order valence-corrected chi connectivity index (χ1v) is 6.54. The van der Waals surface area contributed by atoms with E-state index in [1.165, 1.54) is 37.8 Å². The lowest BCUT2D eigenvalue weighted by Crippen LogP contribution is -2.19. The highest BCUT2D eigenvalue weighted by atomic mass is 32.1. The number of aromatic nitrogens is 2. The summed E-state index contributed by atoms with van der Waals surface area (Å²) in [7, 11) is 0. The van der Waals surface area contributed by atoms with Crippen LogP contribution in [0, 0.1) is 11.7 Å². The Morgan fingerprint density at radius 1 is 1.44 bits per heavy atom. The highest BCUT2D eigenvalue weighted by Crippen LogP contribution is 2.20. The maximum absolute atomic E-state index is 5.89.